The molecule has 0 spiro atoms. The Balaban J connectivity index is 1.76. The summed E-state index contributed by atoms with van der Waals surface area (Å²) >= 11 is 0. The molecule has 0 unspecified atom stereocenters. The fourth-order valence-electron chi connectivity index (χ4n) is 3.30. The van der Waals surface area contributed by atoms with Crippen molar-refractivity contribution in [2.75, 3.05) is 11.8 Å². The van der Waals surface area contributed by atoms with Crippen LogP contribution in [0.3, 0.4) is 0 Å². The molecular formula is C22H21N5O3S. The molecule has 8 nitrogen and oxygen atoms in total. The predicted molar refractivity (Wildman–Crippen MR) is 118 cm³/mol. The monoisotopic (exact) mass is 435 g/mol. The lowest BCUT2D eigenvalue weighted by molar-refractivity contribution is 0.403. The van der Waals surface area contributed by atoms with Gasteiger partial charge in [0.1, 0.15) is 10.6 Å². The number of benzene rings is 3. The number of nitrogens with zero attached hydrogens (tertiary/aromatic N) is 3. The van der Waals surface area contributed by atoms with Crippen LogP contribution in [0.15, 0.2) is 71.6 Å². The van der Waals surface area contributed by atoms with Gasteiger partial charge in [0, 0.05) is 5.56 Å². The summed E-state index contributed by atoms with van der Waals surface area (Å²) in [6, 6.07) is 20.3. The SMILES string of the molecule is CCc1ccc(-c2ccccc2)cc1NS(=O)(=O)c1cc(-c2nn[nH]n2)ccc1OC. The van der Waals surface area contributed by atoms with Crippen LogP contribution in [0, 0.1) is 0 Å². The summed E-state index contributed by atoms with van der Waals surface area (Å²) in [5.41, 5.74) is 3.83. The minimum atomic E-state index is -3.96. The molecule has 4 rings (SSSR count). The van der Waals surface area contributed by atoms with Crippen molar-refractivity contribution >= 4 is 15.7 Å². The number of hydrogen-bond acceptors (Lipinski definition) is 6. The van der Waals surface area contributed by atoms with Gasteiger partial charge in [-0.15, -0.1) is 10.2 Å². The van der Waals surface area contributed by atoms with Gasteiger partial charge < -0.3 is 4.74 Å². The molecule has 0 saturated heterocycles. The summed E-state index contributed by atoms with van der Waals surface area (Å²) in [5, 5.41) is 13.7. The maximum Gasteiger partial charge on any atom is 0.265 e. The van der Waals surface area contributed by atoms with Gasteiger partial charge >= 0.3 is 0 Å². The van der Waals surface area contributed by atoms with E-state index in [1.807, 2.05) is 55.5 Å². The number of tetrazole rings is 1. The molecule has 0 aliphatic heterocycles. The van der Waals surface area contributed by atoms with E-state index in [2.05, 4.69) is 25.3 Å². The van der Waals surface area contributed by atoms with E-state index in [1.54, 1.807) is 12.1 Å². The van der Waals surface area contributed by atoms with Crippen molar-refractivity contribution in [2.45, 2.75) is 18.2 Å². The zero-order valence-electron chi connectivity index (χ0n) is 17.0. The number of hydrogen-bond donors (Lipinski definition) is 2. The van der Waals surface area contributed by atoms with Crippen LogP contribution in [0.2, 0.25) is 0 Å². The van der Waals surface area contributed by atoms with Crippen molar-refractivity contribution in [1.29, 1.82) is 0 Å². The molecule has 4 aromatic rings. The Bertz CT molecular complexity index is 1290. The standard InChI is InChI=1S/C22H21N5O3S/c1-3-15-9-10-17(16-7-5-4-6-8-16)13-19(15)25-31(28,29)21-14-18(11-12-20(21)30-2)22-23-26-27-24-22/h4-14,25H,3H2,1-2H3,(H,23,24,26,27). The predicted octanol–water partition coefficient (Wildman–Crippen LogP) is 3.91. The molecule has 158 valence electrons. The summed E-state index contributed by atoms with van der Waals surface area (Å²) in [7, 11) is -2.54. The van der Waals surface area contributed by atoms with Gasteiger partial charge in [-0.05, 0) is 52.6 Å². The number of aromatic nitrogens is 4. The first-order chi connectivity index (χ1) is 15.0. The zero-order valence-corrected chi connectivity index (χ0v) is 17.8. The number of anilines is 1. The second-order valence-corrected chi connectivity index (χ2v) is 8.45. The highest BCUT2D eigenvalue weighted by molar-refractivity contribution is 7.92. The highest BCUT2D eigenvalue weighted by Gasteiger charge is 2.23. The Labute approximate surface area is 180 Å². The zero-order chi connectivity index (χ0) is 21.8. The van der Waals surface area contributed by atoms with Gasteiger partial charge in [0.15, 0.2) is 0 Å². The molecule has 31 heavy (non-hydrogen) atoms. The molecule has 9 heteroatoms. The number of methoxy groups -OCH3 is 1. The summed E-state index contributed by atoms with van der Waals surface area (Å²) in [5.74, 6) is 0.511. The molecule has 0 atom stereocenters. The van der Waals surface area contributed by atoms with Crippen LogP contribution in [0.4, 0.5) is 5.69 Å². The molecule has 0 aliphatic rings. The smallest absolute Gasteiger partial charge is 0.265 e. The lowest BCUT2D eigenvalue weighted by Gasteiger charge is -2.16. The number of nitrogens with one attached hydrogen (secondary N) is 2. The Morgan fingerprint density at radius 2 is 1.74 bits per heavy atom. The molecule has 2 N–H and O–H groups in total. The van der Waals surface area contributed by atoms with Crippen LogP contribution in [0.1, 0.15) is 12.5 Å². The van der Waals surface area contributed by atoms with E-state index < -0.39 is 10.0 Å². The van der Waals surface area contributed by atoms with Gasteiger partial charge in [-0.1, -0.05) is 49.4 Å². The molecule has 0 radical (unpaired) electrons. The summed E-state index contributed by atoms with van der Waals surface area (Å²) < 4.78 is 34.8. The van der Waals surface area contributed by atoms with Gasteiger partial charge in [0.25, 0.3) is 10.0 Å². The Morgan fingerprint density at radius 1 is 0.968 bits per heavy atom. The van der Waals surface area contributed by atoms with Crippen molar-refractivity contribution in [3.8, 4) is 28.3 Å². The fourth-order valence-corrected chi connectivity index (χ4v) is 4.59. The molecule has 3 aromatic carbocycles. The van der Waals surface area contributed by atoms with Crippen molar-refractivity contribution in [1.82, 2.24) is 20.6 Å². The third-order valence-electron chi connectivity index (χ3n) is 4.90. The average Bonchev–Trinajstić information content (AvgIpc) is 3.34. The van der Waals surface area contributed by atoms with Gasteiger partial charge in [-0.2, -0.15) is 5.21 Å². The van der Waals surface area contributed by atoms with Crippen LogP contribution in [0.25, 0.3) is 22.5 Å². The number of ether oxygens (including phenoxy) is 1. The molecule has 1 aromatic heterocycles. The Kier molecular flexibility index (Phi) is 5.68. The molecule has 0 fully saturated rings. The lowest BCUT2D eigenvalue weighted by Crippen LogP contribution is -2.15. The maximum absolute atomic E-state index is 13.4. The topological polar surface area (TPSA) is 110 Å². The third kappa shape index (κ3) is 4.26. The molecule has 0 saturated carbocycles. The normalized spacial score (nSPS) is 11.3. The van der Waals surface area contributed by atoms with Gasteiger partial charge in [-0.3, -0.25) is 4.72 Å². The number of rotatable bonds is 7. The molecular weight excluding hydrogens is 414 g/mol. The van der Waals surface area contributed by atoms with Crippen molar-refractivity contribution in [2.24, 2.45) is 0 Å². The number of aromatic amines is 1. The van der Waals surface area contributed by atoms with Gasteiger partial charge in [0.05, 0.1) is 12.8 Å². The summed E-state index contributed by atoms with van der Waals surface area (Å²) in [6.07, 6.45) is 0.674. The van der Waals surface area contributed by atoms with Crippen LogP contribution in [-0.4, -0.2) is 36.2 Å². The van der Waals surface area contributed by atoms with Crippen molar-refractivity contribution in [3.63, 3.8) is 0 Å². The van der Waals surface area contributed by atoms with Crippen LogP contribution in [0.5, 0.6) is 5.75 Å². The first-order valence-electron chi connectivity index (χ1n) is 9.65. The molecule has 0 aliphatic carbocycles. The van der Waals surface area contributed by atoms with E-state index in [0.29, 0.717) is 23.5 Å². The van der Waals surface area contributed by atoms with Crippen LogP contribution < -0.4 is 9.46 Å². The third-order valence-corrected chi connectivity index (χ3v) is 6.29. The average molecular weight is 436 g/mol. The number of H-pyrrole nitrogens is 1. The molecule has 1 heterocycles. The van der Waals surface area contributed by atoms with Crippen LogP contribution in [-0.2, 0) is 16.4 Å². The minimum Gasteiger partial charge on any atom is -0.495 e. The quantitative estimate of drug-likeness (QED) is 0.455. The summed E-state index contributed by atoms with van der Waals surface area (Å²) in [6.45, 7) is 1.98. The van der Waals surface area contributed by atoms with Gasteiger partial charge in [0.2, 0.25) is 5.82 Å². The van der Waals surface area contributed by atoms with E-state index in [-0.39, 0.29) is 10.6 Å². The lowest BCUT2D eigenvalue weighted by atomic mass is 10.0. The second kappa shape index (κ2) is 8.57. The van der Waals surface area contributed by atoms with E-state index >= 15 is 0 Å². The van der Waals surface area contributed by atoms with E-state index in [4.69, 9.17) is 4.74 Å². The molecule has 0 bridgehead atoms. The van der Waals surface area contributed by atoms with Gasteiger partial charge in [-0.25, -0.2) is 8.42 Å². The van der Waals surface area contributed by atoms with Crippen molar-refractivity contribution in [3.05, 3.63) is 72.3 Å². The van der Waals surface area contributed by atoms with Crippen LogP contribution >= 0.6 is 0 Å². The highest BCUT2D eigenvalue weighted by atomic mass is 32.2. The fraction of sp³-hybridized carbons (Fsp3) is 0.136. The second-order valence-electron chi connectivity index (χ2n) is 6.80. The van der Waals surface area contributed by atoms with E-state index in [0.717, 1.165) is 16.7 Å². The van der Waals surface area contributed by atoms with Crippen molar-refractivity contribution < 1.29 is 13.2 Å². The maximum atomic E-state index is 13.4. The Hall–Kier alpha value is -3.72. The molecule has 0 amide bonds. The minimum absolute atomic E-state index is 0.00975. The summed E-state index contributed by atoms with van der Waals surface area (Å²) in [4.78, 5) is -0.00975. The number of sulfonamides is 1. The van der Waals surface area contributed by atoms with E-state index in [1.165, 1.54) is 13.2 Å². The van der Waals surface area contributed by atoms with E-state index in [9.17, 15) is 8.42 Å². The first-order valence-corrected chi connectivity index (χ1v) is 11.1. The first kappa shape index (κ1) is 20.5. The Morgan fingerprint density at radius 3 is 2.42 bits per heavy atom. The highest BCUT2D eigenvalue weighted by Crippen LogP contribution is 2.32. The largest absolute Gasteiger partial charge is 0.495 e. The number of aryl methyl sites for hydroxylation is 1.